The third-order valence-corrected chi connectivity index (χ3v) is 7.52. The number of nitrogens with one attached hydrogen (secondary N) is 1. The summed E-state index contributed by atoms with van der Waals surface area (Å²) >= 11 is 0. The van der Waals surface area contributed by atoms with E-state index in [0.29, 0.717) is 37.0 Å². The summed E-state index contributed by atoms with van der Waals surface area (Å²) in [6.45, 7) is 4.01. The maximum Gasteiger partial charge on any atom is 0.337 e. The zero-order chi connectivity index (χ0) is 34.4. The number of carboxylic acid groups (broad SMARTS) is 3. The van der Waals surface area contributed by atoms with Crippen molar-refractivity contribution in [1.29, 1.82) is 0 Å². The molecule has 254 valence electrons. The van der Waals surface area contributed by atoms with E-state index in [1.54, 1.807) is 31.2 Å². The van der Waals surface area contributed by atoms with Gasteiger partial charge >= 0.3 is 17.9 Å². The van der Waals surface area contributed by atoms with Crippen LogP contribution in [-0.4, -0.2) is 68.3 Å². The Morgan fingerprint density at radius 1 is 0.913 bits per heavy atom. The monoisotopic (exact) mass is 643 g/mol. The first-order chi connectivity index (χ1) is 21.9. The van der Waals surface area contributed by atoms with Gasteiger partial charge in [-0.15, -0.1) is 5.92 Å². The molecular formula is C35H49NO10. The first-order valence-electron chi connectivity index (χ1n) is 15.9. The van der Waals surface area contributed by atoms with Crippen LogP contribution in [0.25, 0.3) is 0 Å². The molecule has 11 heteroatoms. The summed E-state index contributed by atoms with van der Waals surface area (Å²) in [6, 6.07) is 4.95. The number of amides is 1. The van der Waals surface area contributed by atoms with E-state index in [4.69, 9.17) is 4.74 Å². The van der Waals surface area contributed by atoms with Crippen LogP contribution in [0.4, 0.5) is 0 Å². The van der Waals surface area contributed by atoms with Crippen molar-refractivity contribution >= 4 is 29.6 Å². The van der Waals surface area contributed by atoms with Crippen LogP contribution in [0.15, 0.2) is 36.4 Å². The molecule has 0 saturated carbocycles. The van der Waals surface area contributed by atoms with Gasteiger partial charge in [-0.05, 0) is 50.3 Å². The van der Waals surface area contributed by atoms with Gasteiger partial charge in [0.1, 0.15) is 24.2 Å². The number of hydrogen-bond acceptors (Lipinski definition) is 7. The molecule has 0 aliphatic carbocycles. The lowest BCUT2D eigenvalue weighted by Crippen LogP contribution is -2.55. The van der Waals surface area contributed by atoms with Crippen LogP contribution in [0.2, 0.25) is 0 Å². The van der Waals surface area contributed by atoms with E-state index < -0.39 is 47.8 Å². The summed E-state index contributed by atoms with van der Waals surface area (Å²) in [6.07, 6.45) is 11.2. The van der Waals surface area contributed by atoms with E-state index in [1.165, 1.54) is 12.5 Å². The average molecular weight is 644 g/mol. The third kappa shape index (κ3) is 15.7. The Morgan fingerprint density at radius 2 is 1.52 bits per heavy atom. The highest BCUT2D eigenvalue weighted by atomic mass is 16.5. The normalized spacial score (nSPS) is 13.5. The molecule has 5 N–H and O–H groups in total. The zero-order valence-electron chi connectivity index (χ0n) is 27.0. The highest BCUT2D eigenvalue weighted by molar-refractivity contribution is 5.94. The third-order valence-electron chi connectivity index (χ3n) is 7.52. The molecule has 0 heterocycles. The number of ketones is 1. The summed E-state index contributed by atoms with van der Waals surface area (Å²) in [7, 11) is 0. The number of rotatable bonds is 25. The maximum atomic E-state index is 13.3. The molecule has 1 amide bonds. The summed E-state index contributed by atoms with van der Waals surface area (Å²) in [5.41, 5.74) is -2.49. The number of aliphatic carboxylic acids is 3. The number of benzene rings is 1. The molecule has 46 heavy (non-hydrogen) atoms. The number of aliphatic hydroxyl groups is 1. The molecular weight excluding hydrogens is 594 g/mol. The Kier molecular flexibility index (Phi) is 19.4. The fourth-order valence-corrected chi connectivity index (χ4v) is 4.84. The molecule has 0 saturated heterocycles. The van der Waals surface area contributed by atoms with E-state index in [2.05, 4.69) is 24.1 Å². The second kappa shape index (κ2) is 22.4. The number of hydrogen-bond donors (Lipinski definition) is 5. The molecule has 3 atom stereocenters. The lowest BCUT2D eigenvalue weighted by atomic mass is 9.82. The highest BCUT2D eigenvalue weighted by Crippen LogP contribution is 2.26. The Morgan fingerprint density at radius 3 is 2.07 bits per heavy atom. The molecule has 1 aromatic carbocycles. The quantitative estimate of drug-likeness (QED) is 0.0555. The van der Waals surface area contributed by atoms with Gasteiger partial charge in [-0.3, -0.25) is 14.4 Å². The minimum Gasteiger partial charge on any atom is -0.481 e. The van der Waals surface area contributed by atoms with Gasteiger partial charge in [-0.1, -0.05) is 75.7 Å². The van der Waals surface area contributed by atoms with Gasteiger partial charge in [0, 0.05) is 19.3 Å². The Bertz CT molecular complexity index is 1210. The van der Waals surface area contributed by atoms with Crippen molar-refractivity contribution in [3.63, 3.8) is 0 Å². The Hall–Kier alpha value is -4.17. The molecule has 0 bridgehead atoms. The molecule has 0 radical (unpaired) electrons. The van der Waals surface area contributed by atoms with Crippen molar-refractivity contribution in [2.45, 2.75) is 115 Å². The van der Waals surface area contributed by atoms with Crippen LogP contribution < -0.4 is 10.1 Å². The second-order valence-corrected chi connectivity index (χ2v) is 11.3. The number of carbonyl (C=O) groups is 5. The highest BCUT2D eigenvalue weighted by Gasteiger charge is 2.49. The second-order valence-electron chi connectivity index (χ2n) is 11.3. The van der Waals surface area contributed by atoms with E-state index in [-0.39, 0.29) is 18.8 Å². The van der Waals surface area contributed by atoms with Crippen molar-refractivity contribution in [2.24, 2.45) is 5.92 Å². The van der Waals surface area contributed by atoms with Crippen LogP contribution >= 0.6 is 0 Å². The molecule has 0 aliphatic rings. The van der Waals surface area contributed by atoms with Gasteiger partial charge < -0.3 is 30.5 Å². The van der Waals surface area contributed by atoms with Crippen LogP contribution in [0.5, 0.6) is 5.75 Å². The number of Topliss-reactive ketones (excluding diaryl/α,β-unsaturated/α-hetero) is 1. The number of unbranched alkanes of at least 4 members (excludes halogenated alkanes) is 8. The largest absolute Gasteiger partial charge is 0.481 e. The number of ether oxygens (including phenoxy) is 1. The topological polar surface area (TPSA) is 188 Å². The first-order valence-corrected chi connectivity index (χ1v) is 15.9. The first kappa shape index (κ1) is 39.9. The molecule has 1 rings (SSSR count). The standard InChI is InChI=1S/C35H49NO10/c1-3-5-7-10-13-16-27(37)17-14-11-8-9-12-15-18-29(35(45,34(43)44)25-31(38)39)32(40)36-30(33(41)42)24-26-19-21-28(22-20-26)46-23-6-4-2/h15,18-22,29-30,45H,3,5,7-14,16-17,23-25H2,1-2H3,(H,36,40)(H,38,39)(H,41,42)(H,43,44)/t29?,30?,35-/m0/s1. The summed E-state index contributed by atoms with van der Waals surface area (Å²) in [5, 5.41) is 41.9. The predicted octanol–water partition coefficient (Wildman–Crippen LogP) is 4.93. The van der Waals surface area contributed by atoms with Crippen LogP contribution in [0.3, 0.4) is 0 Å². The Balaban J connectivity index is 2.83. The number of carboxylic acids is 3. The lowest BCUT2D eigenvalue weighted by molar-refractivity contribution is -0.172. The minimum atomic E-state index is -3.02. The van der Waals surface area contributed by atoms with E-state index in [0.717, 1.165) is 51.0 Å². The summed E-state index contributed by atoms with van der Waals surface area (Å²) in [4.78, 5) is 60.8. The zero-order valence-corrected chi connectivity index (χ0v) is 27.0. The molecule has 0 spiro atoms. The van der Waals surface area contributed by atoms with E-state index in [9.17, 15) is 44.4 Å². The maximum absolute atomic E-state index is 13.3. The predicted molar refractivity (Wildman–Crippen MR) is 172 cm³/mol. The molecule has 2 unspecified atom stereocenters. The molecule has 1 aromatic rings. The van der Waals surface area contributed by atoms with Crippen LogP contribution in [0, 0.1) is 17.8 Å². The molecule has 0 fully saturated rings. The van der Waals surface area contributed by atoms with E-state index in [1.807, 2.05) is 0 Å². The smallest absolute Gasteiger partial charge is 0.337 e. The van der Waals surface area contributed by atoms with Gasteiger partial charge in [0.15, 0.2) is 5.60 Å². The van der Waals surface area contributed by atoms with Crippen LogP contribution in [0.1, 0.15) is 103 Å². The fourth-order valence-electron chi connectivity index (χ4n) is 4.84. The van der Waals surface area contributed by atoms with Gasteiger partial charge in [-0.25, -0.2) is 9.59 Å². The molecule has 0 aromatic heterocycles. The minimum absolute atomic E-state index is 0.168. The van der Waals surface area contributed by atoms with Crippen molar-refractivity contribution in [3.8, 4) is 17.6 Å². The van der Waals surface area contributed by atoms with Crippen molar-refractivity contribution in [1.82, 2.24) is 5.32 Å². The average Bonchev–Trinajstić information content (AvgIpc) is 3.00. The van der Waals surface area contributed by atoms with Crippen molar-refractivity contribution < 1.29 is 49.1 Å². The summed E-state index contributed by atoms with van der Waals surface area (Å²) in [5.74, 6) is -1.77. The van der Waals surface area contributed by atoms with Crippen LogP contribution in [-0.2, 0) is 30.4 Å². The number of carbonyl (C=O) groups excluding carboxylic acids is 2. The van der Waals surface area contributed by atoms with Gasteiger partial charge in [0.2, 0.25) is 5.91 Å². The summed E-state index contributed by atoms with van der Waals surface area (Å²) < 4.78 is 5.44. The number of allylic oxidation sites excluding steroid dienone is 1. The molecule has 0 aliphatic heterocycles. The van der Waals surface area contributed by atoms with Gasteiger partial charge in [-0.2, -0.15) is 0 Å². The molecule has 11 nitrogen and oxygen atoms in total. The van der Waals surface area contributed by atoms with Gasteiger partial charge in [0.25, 0.3) is 0 Å². The van der Waals surface area contributed by atoms with E-state index >= 15 is 0 Å². The van der Waals surface area contributed by atoms with Crippen molar-refractivity contribution in [2.75, 3.05) is 6.61 Å². The SMILES string of the molecule is CC#CCOc1ccc(CC(NC(=O)C(C=CCCCCCCC(=O)CCCCCCC)[C@@](O)(CC(=O)O)C(=O)O)C(=O)O)cc1. The fraction of sp³-hybridized carbons (Fsp3) is 0.571. The Labute approximate surface area is 271 Å². The van der Waals surface area contributed by atoms with Gasteiger partial charge in [0.05, 0.1) is 12.3 Å². The lowest BCUT2D eigenvalue weighted by Gasteiger charge is -2.29. The van der Waals surface area contributed by atoms with Crippen molar-refractivity contribution in [3.05, 3.63) is 42.0 Å².